The summed E-state index contributed by atoms with van der Waals surface area (Å²) >= 11 is 0. The summed E-state index contributed by atoms with van der Waals surface area (Å²) < 4.78 is 7.90. The van der Waals surface area contributed by atoms with E-state index in [9.17, 15) is 10.1 Å². The standard InChI is InChI=1S/C18H19N3O3/c1-12-7-8-17(16(11-12)21(22)23)24-18-14(9-10-19)13-5-3-4-6-15(13)20(18)2/h3-8,11H,9-10,19H2,1-2H3. The number of nitro benzene ring substituents is 1. The van der Waals surface area contributed by atoms with Crippen LogP contribution in [0.3, 0.4) is 0 Å². The number of hydrogen-bond donors (Lipinski definition) is 1. The maximum Gasteiger partial charge on any atom is 0.311 e. The molecule has 6 heteroatoms. The molecule has 0 unspecified atom stereocenters. The van der Waals surface area contributed by atoms with Gasteiger partial charge in [0, 0.05) is 24.1 Å². The first-order valence-electron chi connectivity index (χ1n) is 7.72. The highest BCUT2D eigenvalue weighted by molar-refractivity contribution is 5.87. The minimum absolute atomic E-state index is 0.0426. The van der Waals surface area contributed by atoms with Crippen LogP contribution in [-0.4, -0.2) is 16.0 Å². The fourth-order valence-corrected chi connectivity index (χ4v) is 2.92. The Morgan fingerprint density at radius 3 is 2.71 bits per heavy atom. The van der Waals surface area contributed by atoms with Gasteiger partial charge in [0.05, 0.1) is 10.4 Å². The molecule has 3 aromatic rings. The van der Waals surface area contributed by atoms with E-state index in [0.29, 0.717) is 18.8 Å². The molecule has 124 valence electrons. The first kappa shape index (κ1) is 16.0. The second kappa shape index (κ2) is 6.33. The molecule has 6 nitrogen and oxygen atoms in total. The van der Waals surface area contributed by atoms with Gasteiger partial charge in [-0.25, -0.2) is 0 Å². The van der Waals surface area contributed by atoms with Crippen molar-refractivity contribution < 1.29 is 9.66 Å². The largest absolute Gasteiger partial charge is 0.433 e. The van der Waals surface area contributed by atoms with Gasteiger partial charge in [0.15, 0.2) is 0 Å². The molecule has 1 aromatic heterocycles. The van der Waals surface area contributed by atoms with Gasteiger partial charge >= 0.3 is 5.69 Å². The van der Waals surface area contributed by atoms with E-state index in [-0.39, 0.29) is 11.4 Å². The fraction of sp³-hybridized carbons (Fsp3) is 0.222. The number of para-hydroxylation sites is 1. The Labute approximate surface area is 139 Å². The van der Waals surface area contributed by atoms with Crippen molar-refractivity contribution in [1.82, 2.24) is 4.57 Å². The summed E-state index contributed by atoms with van der Waals surface area (Å²) in [6.45, 7) is 2.29. The second-order valence-electron chi connectivity index (χ2n) is 5.73. The summed E-state index contributed by atoms with van der Waals surface area (Å²) in [4.78, 5) is 10.9. The molecule has 0 amide bonds. The van der Waals surface area contributed by atoms with Crippen molar-refractivity contribution >= 4 is 16.6 Å². The predicted octanol–water partition coefficient (Wildman–Crippen LogP) is 3.69. The molecular formula is C18H19N3O3. The van der Waals surface area contributed by atoms with Gasteiger partial charge in [0.1, 0.15) is 0 Å². The third kappa shape index (κ3) is 2.72. The Hall–Kier alpha value is -2.86. The monoisotopic (exact) mass is 325 g/mol. The Balaban J connectivity index is 2.16. The molecule has 0 aliphatic heterocycles. The van der Waals surface area contributed by atoms with E-state index < -0.39 is 4.92 Å². The van der Waals surface area contributed by atoms with Crippen LogP contribution in [0.25, 0.3) is 10.9 Å². The average molecular weight is 325 g/mol. The van der Waals surface area contributed by atoms with E-state index in [1.54, 1.807) is 12.1 Å². The van der Waals surface area contributed by atoms with E-state index in [2.05, 4.69) is 0 Å². The summed E-state index contributed by atoms with van der Waals surface area (Å²) in [6.07, 6.45) is 0.635. The highest BCUT2D eigenvalue weighted by atomic mass is 16.6. The van der Waals surface area contributed by atoms with Gasteiger partial charge in [-0.3, -0.25) is 10.1 Å². The van der Waals surface area contributed by atoms with Crippen LogP contribution in [0.5, 0.6) is 11.6 Å². The summed E-state index contributed by atoms with van der Waals surface area (Å²) in [6, 6.07) is 12.9. The average Bonchev–Trinajstić information content (AvgIpc) is 2.83. The summed E-state index contributed by atoms with van der Waals surface area (Å²) in [5.74, 6) is 0.823. The minimum Gasteiger partial charge on any atom is -0.433 e. The van der Waals surface area contributed by atoms with Crippen molar-refractivity contribution in [3.63, 3.8) is 0 Å². The van der Waals surface area contributed by atoms with Crippen LogP contribution < -0.4 is 10.5 Å². The molecule has 1 heterocycles. The van der Waals surface area contributed by atoms with Gasteiger partial charge in [0.2, 0.25) is 11.6 Å². The molecule has 2 N–H and O–H groups in total. The molecule has 0 aliphatic rings. The molecule has 0 spiro atoms. The van der Waals surface area contributed by atoms with Crippen LogP contribution >= 0.6 is 0 Å². The maximum atomic E-state index is 11.3. The zero-order valence-electron chi connectivity index (χ0n) is 13.7. The van der Waals surface area contributed by atoms with Gasteiger partial charge in [-0.2, -0.15) is 0 Å². The molecule has 0 radical (unpaired) electrons. The van der Waals surface area contributed by atoms with Crippen molar-refractivity contribution in [2.24, 2.45) is 12.8 Å². The topological polar surface area (TPSA) is 83.3 Å². The normalized spacial score (nSPS) is 11.0. The Morgan fingerprint density at radius 1 is 1.25 bits per heavy atom. The lowest BCUT2D eigenvalue weighted by atomic mass is 10.1. The number of hydrogen-bond acceptors (Lipinski definition) is 4. The fourth-order valence-electron chi connectivity index (χ4n) is 2.92. The van der Waals surface area contributed by atoms with Crippen LogP contribution in [0.15, 0.2) is 42.5 Å². The van der Waals surface area contributed by atoms with Gasteiger partial charge in [0.25, 0.3) is 0 Å². The molecule has 0 atom stereocenters. The molecule has 2 aromatic carbocycles. The summed E-state index contributed by atoms with van der Waals surface area (Å²) in [5, 5.41) is 12.4. The van der Waals surface area contributed by atoms with Crippen LogP contribution in [0.4, 0.5) is 5.69 Å². The lowest BCUT2D eigenvalue weighted by Gasteiger charge is -2.10. The van der Waals surface area contributed by atoms with Gasteiger partial charge < -0.3 is 15.0 Å². The highest BCUT2D eigenvalue weighted by Gasteiger charge is 2.21. The molecule has 0 aliphatic carbocycles. The van der Waals surface area contributed by atoms with Crippen molar-refractivity contribution in [3.05, 3.63) is 63.7 Å². The summed E-state index contributed by atoms with van der Waals surface area (Å²) in [5.41, 5.74) is 8.49. The number of fused-ring (bicyclic) bond motifs is 1. The predicted molar refractivity (Wildman–Crippen MR) is 93.6 cm³/mol. The number of nitrogens with zero attached hydrogens (tertiary/aromatic N) is 2. The van der Waals surface area contributed by atoms with Crippen molar-refractivity contribution in [2.75, 3.05) is 6.54 Å². The van der Waals surface area contributed by atoms with Gasteiger partial charge in [-0.15, -0.1) is 0 Å². The van der Waals surface area contributed by atoms with E-state index in [0.717, 1.165) is 22.0 Å². The third-order valence-corrected chi connectivity index (χ3v) is 4.07. The zero-order valence-corrected chi connectivity index (χ0v) is 13.7. The SMILES string of the molecule is Cc1ccc(Oc2c(CCN)c3ccccc3n2C)c([N+](=O)[O-])c1. The smallest absolute Gasteiger partial charge is 0.311 e. The van der Waals surface area contributed by atoms with E-state index in [4.69, 9.17) is 10.5 Å². The maximum absolute atomic E-state index is 11.3. The number of nitrogens with two attached hydrogens (primary N) is 1. The van der Waals surface area contributed by atoms with Crippen LogP contribution in [-0.2, 0) is 13.5 Å². The van der Waals surface area contributed by atoms with E-state index in [1.807, 2.05) is 42.8 Å². The number of aromatic nitrogens is 1. The first-order chi connectivity index (χ1) is 11.5. The van der Waals surface area contributed by atoms with Crippen LogP contribution in [0, 0.1) is 17.0 Å². The van der Waals surface area contributed by atoms with Crippen molar-refractivity contribution in [1.29, 1.82) is 0 Å². The van der Waals surface area contributed by atoms with Crippen LogP contribution in [0.2, 0.25) is 0 Å². The summed E-state index contributed by atoms with van der Waals surface area (Å²) in [7, 11) is 1.89. The first-order valence-corrected chi connectivity index (χ1v) is 7.72. The highest BCUT2D eigenvalue weighted by Crippen LogP contribution is 2.38. The minimum atomic E-state index is -0.423. The lowest BCUT2D eigenvalue weighted by molar-refractivity contribution is -0.385. The molecule has 0 saturated heterocycles. The van der Waals surface area contributed by atoms with Crippen molar-refractivity contribution in [2.45, 2.75) is 13.3 Å². The van der Waals surface area contributed by atoms with E-state index in [1.165, 1.54) is 6.07 Å². The number of ether oxygens (including phenoxy) is 1. The number of benzene rings is 2. The Morgan fingerprint density at radius 2 is 2.00 bits per heavy atom. The molecular weight excluding hydrogens is 306 g/mol. The molecule has 0 bridgehead atoms. The molecule has 0 fully saturated rings. The molecule has 0 saturated carbocycles. The Bertz CT molecular complexity index is 915. The van der Waals surface area contributed by atoms with Crippen LogP contribution in [0.1, 0.15) is 11.1 Å². The lowest BCUT2D eigenvalue weighted by Crippen LogP contribution is -2.05. The number of aryl methyl sites for hydroxylation is 2. The van der Waals surface area contributed by atoms with E-state index >= 15 is 0 Å². The Kier molecular flexibility index (Phi) is 4.22. The van der Waals surface area contributed by atoms with Gasteiger partial charge in [-0.1, -0.05) is 24.3 Å². The quantitative estimate of drug-likeness (QED) is 0.573. The molecule has 3 rings (SSSR count). The molecule has 24 heavy (non-hydrogen) atoms. The number of nitro groups is 1. The van der Waals surface area contributed by atoms with Gasteiger partial charge in [-0.05, 0) is 37.6 Å². The third-order valence-electron chi connectivity index (χ3n) is 4.07. The van der Waals surface area contributed by atoms with Crippen molar-refractivity contribution in [3.8, 4) is 11.6 Å². The second-order valence-corrected chi connectivity index (χ2v) is 5.73. The zero-order chi connectivity index (χ0) is 17.3. The number of rotatable bonds is 5.